The van der Waals surface area contributed by atoms with Crippen LogP contribution in [0.4, 0.5) is 10.5 Å². The number of halogens is 1. The highest BCUT2D eigenvalue weighted by Gasteiger charge is 2.35. The van der Waals surface area contributed by atoms with Gasteiger partial charge in [-0.1, -0.05) is 48.0 Å². The van der Waals surface area contributed by atoms with Crippen LogP contribution in [0.2, 0.25) is 5.02 Å². The summed E-state index contributed by atoms with van der Waals surface area (Å²) in [5, 5.41) is 3.11. The topological polar surface area (TPSA) is 49.4 Å². The van der Waals surface area contributed by atoms with Crippen LogP contribution >= 0.6 is 11.6 Å². The van der Waals surface area contributed by atoms with Gasteiger partial charge in [-0.3, -0.25) is 4.79 Å². The predicted molar refractivity (Wildman–Crippen MR) is 93.7 cm³/mol. The second kappa shape index (κ2) is 5.65. The minimum absolute atomic E-state index is 0.267. The molecule has 1 aliphatic carbocycles. The molecule has 0 saturated carbocycles. The Morgan fingerprint density at radius 1 is 1.08 bits per heavy atom. The summed E-state index contributed by atoms with van der Waals surface area (Å²) in [5.74, 6) is -0.382. The monoisotopic (exact) mass is 336 g/mol. The zero-order chi connectivity index (χ0) is 16.7. The fourth-order valence-electron chi connectivity index (χ4n) is 2.99. The van der Waals surface area contributed by atoms with Crippen molar-refractivity contribution in [1.82, 2.24) is 5.32 Å². The first-order chi connectivity index (χ1) is 11.6. The van der Waals surface area contributed by atoms with E-state index in [0.29, 0.717) is 10.7 Å². The van der Waals surface area contributed by atoms with E-state index in [2.05, 4.69) is 17.5 Å². The second-order valence-corrected chi connectivity index (χ2v) is 6.07. The lowest BCUT2D eigenvalue weighted by Crippen LogP contribution is -2.30. The number of imide groups is 1. The third-order valence-electron chi connectivity index (χ3n) is 4.11. The number of carbonyl (C=O) groups excluding carboxylic acids is 2. The van der Waals surface area contributed by atoms with Crippen LogP contribution in [0.5, 0.6) is 0 Å². The number of nitrogens with zero attached hydrogens (tertiary/aromatic N) is 1. The van der Waals surface area contributed by atoms with Crippen molar-refractivity contribution in [3.8, 4) is 0 Å². The molecule has 1 aliphatic heterocycles. The Morgan fingerprint density at radius 3 is 2.75 bits per heavy atom. The molecule has 1 heterocycles. The third kappa shape index (κ3) is 2.41. The quantitative estimate of drug-likeness (QED) is 0.667. The van der Waals surface area contributed by atoms with Crippen molar-refractivity contribution in [3.63, 3.8) is 0 Å². The Bertz CT molecular complexity index is 930. The van der Waals surface area contributed by atoms with Gasteiger partial charge < -0.3 is 5.32 Å². The molecule has 2 aromatic carbocycles. The van der Waals surface area contributed by atoms with E-state index in [0.717, 1.165) is 22.5 Å². The molecule has 4 nitrogen and oxygen atoms in total. The summed E-state index contributed by atoms with van der Waals surface area (Å²) in [6.07, 6.45) is 4.62. The van der Waals surface area contributed by atoms with Crippen LogP contribution in [0.3, 0.4) is 0 Å². The lowest BCUT2D eigenvalue weighted by molar-refractivity contribution is -0.113. The maximum Gasteiger partial charge on any atom is 0.333 e. The third-order valence-corrected chi connectivity index (χ3v) is 4.35. The van der Waals surface area contributed by atoms with Crippen molar-refractivity contribution in [2.45, 2.75) is 6.42 Å². The number of anilines is 1. The van der Waals surface area contributed by atoms with Crippen molar-refractivity contribution in [1.29, 1.82) is 0 Å². The first kappa shape index (κ1) is 14.7. The van der Waals surface area contributed by atoms with Gasteiger partial charge in [-0.15, -0.1) is 0 Å². The molecule has 0 unspecified atom stereocenters. The molecule has 0 aromatic heterocycles. The van der Waals surface area contributed by atoms with Crippen molar-refractivity contribution in [2.75, 3.05) is 4.90 Å². The molecule has 4 rings (SSSR count). The highest BCUT2D eigenvalue weighted by atomic mass is 35.5. The van der Waals surface area contributed by atoms with Gasteiger partial charge >= 0.3 is 6.03 Å². The number of fused-ring (bicyclic) bond motifs is 1. The van der Waals surface area contributed by atoms with Crippen LogP contribution in [-0.4, -0.2) is 11.9 Å². The van der Waals surface area contributed by atoms with Gasteiger partial charge in [0, 0.05) is 5.02 Å². The molecule has 1 fully saturated rings. The largest absolute Gasteiger partial charge is 0.333 e. The van der Waals surface area contributed by atoms with Gasteiger partial charge in [0.1, 0.15) is 5.70 Å². The summed E-state index contributed by atoms with van der Waals surface area (Å²) in [4.78, 5) is 25.9. The summed E-state index contributed by atoms with van der Waals surface area (Å²) >= 11 is 5.96. The average molecular weight is 337 g/mol. The smallest absolute Gasteiger partial charge is 0.302 e. The van der Waals surface area contributed by atoms with E-state index in [1.807, 2.05) is 18.2 Å². The highest BCUT2D eigenvalue weighted by Crippen LogP contribution is 2.30. The lowest BCUT2D eigenvalue weighted by Gasteiger charge is -2.11. The molecule has 0 spiro atoms. The lowest BCUT2D eigenvalue weighted by atomic mass is 10.1. The van der Waals surface area contributed by atoms with Crippen molar-refractivity contribution in [3.05, 3.63) is 82.5 Å². The normalized spacial score (nSPS) is 18.0. The zero-order valence-electron chi connectivity index (χ0n) is 12.6. The summed E-state index contributed by atoms with van der Waals surface area (Å²) in [6.45, 7) is 0. The zero-order valence-corrected chi connectivity index (χ0v) is 13.4. The van der Waals surface area contributed by atoms with E-state index >= 15 is 0 Å². The molecule has 24 heavy (non-hydrogen) atoms. The van der Waals surface area contributed by atoms with Crippen LogP contribution in [0.1, 0.15) is 11.1 Å². The minimum Gasteiger partial charge on any atom is -0.302 e. The molecular weight excluding hydrogens is 324 g/mol. The molecule has 2 aliphatic rings. The fourth-order valence-corrected chi connectivity index (χ4v) is 3.17. The van der Waals surface area contributed by atoms with E-state index in [1.54, 1.807) is 30.3 Å². The molecule has 0 atom stereocenters. The van der Waals surface area contributed by atoms with Gasteiger partial charge in [-0.2, -0.15) is 0 Å². The van der Waals surface area contributed by atoms with Gasteiger partial charge in [-0.25, -0.2) is 9.69 Å². The number of nitrogens with one attached hydrogen (secondary N) is 1. The Balaban J connectivity index is 1.67. The number of benzene rings is 2. The Kier molecular flexibility index (Phi) is 3.47. The van der Waals surface area contributed by atoms with Crippen LogP contribution in [0, 0.1) is 0 Å². The summed E-state index contributed by atoms with van der Waals surface area (Å²) < 4.78 is 0. The first-order valence-corrected chi connectivity index (χ1v) is 7.92. The van der Waals surface area contributed by atoms with Gasteiger partial charge in [0.15, 0.2) is 0 Å². The second-order valence-electron chi connectivity index (χ2n) is 5.63. The van der Waals surface area contributed by atoms with E-state index < -0.39 is 6.03 Å². The number of hydrogen-bond acceptors (Lipinski definition) is 2. The van der Waals surface area contributed by atoms with E-state index in [4.69, 9.17) is 11.6 Å². The predicted octanol–water partition coefficient (Wildman–Crippen LogP) is 3.92. The standard InChI is InChI=1S/C19H13ClN2O2/c20-14-5-3-6-15(11-14)22-18(23)17(21-19(22)24)10-13-9-8-12-4-1-2-7-16(12)13/h1-7,9-11H,8H2,(H,21,24)/b17-10+. The molecular formula is C19H13ClN2O2. The van der Waals surface area contributed by atoms with Crippen molar-refractivity contribution >= 4 is 34.8 Å². The summed E-state index contributed by atoms with van der Waals surface area (Å²) in [6, 6.07) is 14.2. The average Bonchev–Trinajstić information content (AvgIpc) is 3.09. The van der Waals surface area contributed by atoms with E-state index in [-0.39, 0.29) is 11.6 Å². The summed E-state index contributed by atoms with van der Waals surface area (Å²) in [7, 11) is 0. The number of urea groups is 1. The van der Waals surface area contributed by atoms with Crippen LogP contribution in [0.25, 0.3) is 5.57 Å². The SMILES string of the molecule is O=C1N/C(=C/C2=CCc3ccccc32)C(=O)N1c1cccc(Cl)c1. The summed E-state index contributed by atoms with van der Waals surface area (Å²) in [5.41, 5.74) is 3.97. The fraction of sp³-hybridized carbons (Fsp3) is 0.0526. The Morgan fingerprint density at radius 2 is 1.92 bits per heavy atom. The molecule has 1 saturated heterocycles. The number of rotatable bonds is 2. The molecule has 118 valence electrons. The van der Waals surface area contributed by atoms with E-state index in [1.165, 1.54) is 5.56 Å². The van der Waals surface area contributed by atoms with Crippen LogP contribution in [-0.2, 0) is 11.2 Å². The highest BCUT2D eigenvalue weighted by molar-refractivity contribution is 6.32. The number of hydrogen-bond donors (Lipinski definition) is 1. The minimum atomic E-state index is -0.472. The molecule has 0 radical (unpaired) electrons. The molecule has 5 heteroatoms. The van der Waals surface area contributed by atoms with Crippen molar-refractivity contribution in [2.24, 2.45) is 0 Å². The maximum absolute atomic E-state index is 12.6. The molecule has 1 N–H and O–H groups in total. The maximum atomic E-state index is 12.6. The van der Waals surface area contributed by atoms with Crippen LogP contribution in [0.15, 0.2) is 66.4 Å². The van der Waals surface area contributed by atoms with Crippen molar-refractivity contribution < 1.29 is 9.59 Å². The first-order valence-electron chi connectivity index (χ1n) is 7.54. The number of allylic oxidation sites excluding steroid dienone is 3. The van der Waals surface area contributed by atoms with E-state index in [9.17, 15) is 9.59 Å². The Labute approximate surface area is 144 Å². The van der Waals surface area contributed by atoms with Gasteiger partial charge in [-0.05, 0) is 47.4 Å². The Hall–Kier alpha value is -2.85. The van der Waals surface area contributed by atoms with Gasteiger partial charge in [0.05, 0.1) is 5.69 Å². The molecule has 2 aromatic rings. The number of carbonyl (C=O) groups is 2. The van der Waals surface area contributed by atoms with Gasteiger partial charge in [0.25, 0.3) is 5.91 Å². The molecule has 3 amide bonds. The number of amides is 3. The molecule has 0 bridgehead atoms. The van der Waals surface area contributed by atoms with Gasteiger partial charge in [0.2, 0.25) is 0 Å². The van der Waals surface area contributed by atoms with Crippen LogP contribution < -0.4 is 10.2 Å².